The molecule has 3 rings (SSSR count). The van der Waals surface area contributed by atoms with Gasteiger partial charge in [-0.25, -0.2) is 4.79 Å². The number of nitrogens with one attached hydrogen (secondary N) is 1. The number of hydrogen-bond donors (Lipinski definition) is 1. The zero-order valence-corrected chi connectivity index (χ0v) is 15.5. The van der Waals surface area contributed by atoms with E-state index in [-0.39, 0.29) is 0 Å². The lowest BCUT2D eigenvalue weighted by molar-refractivity contribution is -0.123. The smallest absolute Gasteiger partial charge is 0.339 e. The first-order chi connectivity index (χ1) is 13.6. The van der Waals surface area contributed by atoms with Crippen molar-refractivity contribution in [3.05, 3.63) is 96.1 Å². The van der Waals surface area contributed by atoms with Gasteiger partial charge in [0.2, 0.25) is 0 Å². The molecule has 0 radical (unpaired) electrons. The fourth-order valence-electron chi connectivity index (χ4n) is 2.50. The fraction of sp³-hybridized carbons (Fsp3) is 0.130. The Bertz CT molecular complexity index is 926. The van der Waals surface area contributed by atoms with E-state index in [0.29, 0.717) is 23.6 Å². The van der Waals surface area contributed by atoms with Crippen molar-refractivity contribution < 1.29 is 19.1 Å². The van der Waals surface area contributed by atoms with E-state index in [1.807, 2.05) is 48.5 Å². The van der Waals surface area contributed by atoms with Crippen LogP contribution >= 0.6 is 0 Å². The van der Waals surface area contributed by atoms with Gasteiger partial charge < -0.3 is 14.8 Å². The fourth-order valence-corrected chi connectivity index (χ4v) is 2.50. The molecule has 1 unspecified atom stereocenters. The Morgan fingerprint density at radius 3 is 2.29 bits per heavy atom. The molecule has 0 aliphatic carbocycles. The molecule has 0 aromatic heterocycles. The van der Waals surface area contributed by atoms with Gasteiger partial charge in [0.15, 0.2) is 6.10 Å². The predicted octanol–water partition coefficient (Wildman–Crippen LogP) is 4.45. The third-order valence-electron chi connectivity index (χ3n) is 4.01. The van der Waals surface area contributed by atoms with Crippen LogP contribution < -0.4 is 10.1 Å². The van der Waals surface area contributed by atoms with Crippen molar-refractivity contribution in [2.24, 2.45) is 0 Å². The predicted molar refractivity (Wildman–Crippen MR) is 107 cm³/mol. The number of ether oxygens (including phenoxy) is 2. The number of carbonyl (C=O) groups is 2. The minimum atomic E-state index is -0.929. The first-order valence-corrected chi connectivity index (χ1v) is 8.95. The number of carbonyl (C=O) groups excluding carboxylic acids is 2. The molecule has 1 N–H and O–H groups in total. The normalized spacial score (nSPS) is 11.3. The van der Waals surface area contributed by atoms with Crippen LogP contribution in [0.1, 0.15) is 22.8 Å². The van der Waals surface area contributed by atoms with Crippen molar-refractivity contribution in [3.63, 3.8) is 0 Å². The molecule has 1 atom stereocenters. The van der Waals surface area contributed by atoms with Crippen molar-refractivity contribution >= 4 is 17.6 Å². The van der Waals surface area contributed by atoms with E-state index < -0.39 is 18.0 Å². The van der Waals surface area contributed by atoms with Crippen LogP contribution in [0.4, 0.5) is 5.69 Å². The number of rotatable bonds is 7. The lowest BCUT2D eigenvalue weighted by Crippen LogP contribution is -2.30. The number of amides is 1. The Hall–Kier alpha value is -3.60. The Morgan fingerprint density at radius 1 is 0.893 bits per heavy atom. The Balaban J connectivity index is 1.57. The highest BCUT2D eigenvalue weighted by molar-refractivity contribution is 5.97. The summed E-state index contributed by atoms with van der Waals surface area (Å²) < 4.78 is 11.0. The van der Waals surface area contributed by atoms with Gasteiger partial charge in [-0.15, -0.1) is 0 Å². The molecule has 5 heteroatoms. The van der Waals surface area contributed by atoms with Gasteiger partial charge in [-0.1, -0.05) is 54.6 Å². The number of esters is 1. The molecule has 0 aliphatic rings. The van der Waals surface area contributed by atoms with Crippen LogP contribution in [0.3, 0.4) is 0 Å². The Kier molecular flexibility index (Phi) is 6.41. The summed E-state index contributed by atoms with van der Waals surface area (Å²) in [6.07, 6.45) is -0.929. The topological polar surface area (TPSA) is 64.6 Å². The highest BCUT2D eigenvalue weighted by atomic mass is 16.5. The van der Waals surface area contributed by atoms with Crippen LogP contribution in [-0.2, 0) is 16.1 Å². The summed E-state index contributed by atoms with van der Waals surface area (Å²) in [5.41, 5.74) is 2.00. The number of para-hydroxylation sites is 1. The zero-order chi connectivity index (χ0) is 19.8. The van der Waals surface area contributed by atoms with E-state index in [1.54, 1.807) is 36.4 Å². The minimum absolute atomic E-state index is 0.324. The molecule has 28 heavy (non-hydrogen) atoms. The highest BCUT2D eigenvalue weighted by Crippen LogP contribution is 2.17. The Labute approximate surface area is 163 Å². The van der Waals surface area contributed by atoms with E-state index in [2.05, 4.69) is 5.32 Å². The van der Waals surface area contributed by atoms with E-state index >= 15 is 0 Å². The van der Waals surface area contributed by atoms with Gasteiger partial charge in [0, 0.05) is 5.69 Å². The van der Waals surface area contributed by atoms with Crippen molar-refractivity contribution in [1.82, 2.24) is 0 Å². The second kappa shape index (κ2) is 9.37. The van der Waals surface area contributed by atoms with Crippen LogP contribution in [0, 0.1) is 0 Å². The van der Waals surface area contributed by atoms with Crippen molar-refractivity contribution in [3.8, 4) is 5.75 Å². The monoisotopic (exact) mass is 375 g/mol. The van der Waals surface area contributed by atoms with Crippen molar-refractivity contribution in [2.45, 2.75) is 19.6 Å². The molecule has 1 amide bonds. The Morgan fingerprint density at radius 2 is 1.57 bits per heavy atom. The quantitative estimate of drug-likeness (QED) is 0.620. The highest BCUT2D eigenvalue weighted by Gasteiger charge is 2.19. The number of hydrogen-bond acceptors (Lipinski definition) is 4. The first-order valence-electron chi connectivity index (χ1n) is 8.95. The van der Waals surface area contributed by atoms with E-state index in [9.17, 15) is 9.59 Å². The van der Waals surface area contributed by atoms with Crippen LogP contribution in [0.15, 0.2) is 84.9 Å². The second-order valence-corrected chi connectivity index (χ2v) is 6.20. The van der Waals surface area contributed by atoms with E-state index in [1.165, 1.54) is 6.92 Å². The summed E-state index contributed by atoms with van der Waals surface area (Å²) in [5, 5.41) is 2.71. The SMILES string of the molecule is CC(OC(=O)c1cccc(OCc2ccccc2)c1)C(=O)Nc1ccccc1. The lowest BCUT2D eigenvalue weighted by Gasteiger charge is -2.14. The molecule has 142 valence electrons. The summed E-state index contributed by atoms with van der Waals surface area (Å²) >= 11 is 0. The lowest BCUT2D eigenvalue weighted by atomic mass is 10.2. The molecule has 0 spiro atoms. The van der Waals surface area contributed by atoms with Crippen LogP contribution in [0.25, 0.3) is 0 Å². The molecule has 5 nitrogen and oxygen atoms in total. The van der Waals surface area contributed by atoms with Crippen LogP contribution in [-0.4, -0.2) is 18.0 Å². The number of benzene rings is 3. The summed E-state index contributed by atoms with van der Waals surface area (Å²) in [4.78, 5) is 24.6. The van der Waals surface area contributed by atoms with Crippen molar-refractivity contribution in [1.29, 1.82) is 0 Å². The molecule has 3 aromatic rings. The summed E-state index contributed by atoms with van der Waals surface area (Å²) in [6, 6.07) is 25.5. The van der Waals surface area contributed by atoms with Gasteiger partial charge in [0.05, 0.1) is 5.56 Å². The minimum Gasteiger partial charge on any atom is -0.489 e. The summed E-state index contributed by atoms with van der Waals surface area (Å²) in [6.45, 7) is 1.93. The number of anilines is 1. The standard InChI is InChI=1S/C23H21NO4/c1-17(22(25)24-20-12-6-3-7-13-20)28-23(26)19-11-8-14-21(15-19)27-16-18-9-4-2-5-10-18/h2-15,17H,16H2,1H3,(H,24,25). The van der Waals surface area contributed by atoms with Gasteiger partial charge in [-0.3, -0.25) is 4.79 Å². The average Bonchev–Trinajstić information content (AvgIpc) is 2.74. The van der Waals surface area contributed by atoms with Gasteiger partial charge in [-0.2, -0.15) is 0 Å². The first kappa shape index (κ1) is 19.2. The van der Waals surface area contributed by atoms with E-state index in [0.717, 1.165) is 5.56 Å². The van der Waals surface area contributed by atoms with Gasteiger partial charge >= 0.3 is 5.97 Å². The molecule has 3 aromatic carbocycles. The third-order valence-corrected chi connectivity index (χ3v) is 4.01. The molecule has 0 aliphatic heterocycles. The second-order valence-electron chi connectivity index (χ2n) is 6.20. The molecule has 0 saturated carbocycles. The molecule has 0 heterocycles. The molecule has 0 bridgehead atoms. The van der Waals surface area contributed by atoms with Crippen LogP contribution in [0.5, 0.6) is 5.75 Å². The third kappa shape index (κ3) is 5.45. The maximum atomic E-state index is 12.4. The maximum Gasteiger partial charge on any atom is 0.339 e. The van der Waals surface area contributed by atoms with Gasteiger partial charge in [-0.05, 0) is 42.8 Å². The molecule has 0 saturated heterocycles. The zero-order valence-electron chi connectivity index (χ0n) is 15.5. The molecular weight excluding hydrogens is 354 g/mol. The molecule has 0 fully saturated rings. The summed E-state index contributed by atoms with van der Waals surface area (Å²) in [7, 11) is 0. The van der Waals surface area contributed by atoms with Crippen molar-refractivity contribution in [2.75, 3.05) is 5.32 Å². The van der Waals surface area contributed by atoms with Gasteiger partial charge in [0.1, 0.15) is 12.4 Å². The maximum absolute atomic E-state index is 12.4. The van der Waals surface area contributed by atoms with Crippen LogP contribution in [0.2, 0.25) is 0 Å². The molecular formula is C23H21NO4. The van der Waals surface area contributed by atoms with E-state index in [4.69, 9.17) is 9.47 Å². The summed E-state index contributed by atoms with van der Waals surface area (Å²) in [5.74, 6) is -0.420. The largest absolute Gasteiger partial charge is 0.489 e. The van der Waals surface area contributed by atoms with Gasteiger partial charge in [0.25, 0.3) is 5.91 Å². The average molecular weight is 375 g/mol.